The molecule has 1 aromatic heterocycles. The molecule has 36 heavy (non-hydrogen) atoms. The number of carboxylic acid groups (broad SMARTS) is 1. The van der Waals surface area contributed by atoms with Crippen LogP contribution >= 0.6 is 11.3 Å². The maximum absolute atomic E-state index is 11.1. The smallest absolute Gasteiger partial charge is 0.335 e. The Labute approximate surface area is 216 Å². The van der Waals surface area contributed by atoms with E-state index in [2.05, 4.69) is 20.0 Å². The summed E-state index contributed by atoms with van der Waals surface area (Å²) in [5, 5.41) is 19.8. The Morgan fingerprint density at radius 1 is 0.861 bits per heavy atom. The summed E-state index contributed by atoms with van der Waals surface area (Å²) in [5.74, 6) is -0.0176. The van der Waals surface area contributed by atoms with Gasteiger partial charge in [0.1, 0.15) is 10.8 Å². The molecule has 0 unspecified atom stereocenters. The van der Waals surface area contributed by atoms with E-state index in [-0.39, 0.29) is 0 Å². The number of hydrogen-bond donors (Lipinski definition) is 1. The van der Waals surface area contributed by atoms with Crippen LogP contribution in [0.2, 0.25) is 0 Å². The molecule has 8 nitrogen and oxygen atoms in total. The number of ether oxygens (including phenoxy) is 2. The maximum Gasteiger partial charge on any atom is 0.335 e. The summed E-state index contributed by atoms with van der Waals surface area (Å²) in [6.07, 6.45) is 5.81. The van der Waals surface area contributed by atoms with Crippen LogP contribution in [0.3, 0.4) is 0 Å². The minimum absolute atomic E-state index is 0.308. The van der Waals surface area contributed by atoms with E-state index in [9.17, 15) is 4.79 Å². The van der Waals surface area contributed by atoms with E-state index in [4.69, 9.17) is 14.6 Å². The van der Waals surface area contributed by atoms with Crippen molar-refractivity contribution in [1.29, 1.82) is 0 Å². The number of carboxylic acids is 1. The molecule has 0 bridgehead atoms. The first-order valence-corrected chi connectivity index (χ1v) is 13.3. The molecule has 0 radical (unpaired) electrons. The van der Waals surface area contributed by atoms with Crippen LogP contribution in [0.5, 0.6) is 5.75 Å². The number of rotatable bonds is 13. The number of methoxy groups -OCH3 is 1. The molecule has 0 aliphatic carbocycles. The summed E-state index contributed by atoms with van der Waals surface area (Å²) in [6.45, 7) is 4.97. The van der Waals surface area contributed by atoms with Gasteiger partial charge in [-0.15, -0.1) is 10.2 Å². The van der Waals surface area contributed by atoms with Gasteiger partial charge in [-0.25, -0.2) is 4.79 Å². The molecule has 1 fully saturated rings. The predicted octanol–water partition coefficient (Wildman–Crippen LogP) is 5.21. The molecule has 1 N–H and O–H groups in total. The van der Waals surface area contributed by atoms with Crippen molar-refractivity contribution in [2.45, 2.75) is 32.1 Å². The molecule has 4 rings (SSSR count). The van der Waals surface area contributed by atoms with Crippen LogP contribution in [0.4, 0.5) is 10.8 Å². The third-order valence-electron chi connectivity index (χ3n) is 6.31. The monoisotopic (exact) mass is 510 g/mol. The van der Waals surface area contributed by atoms with Crippen molar-refractivity contribution in [3.63, 3.8) is 0 Å². The number of anilines is 2. The molecule has 0 amide bonds. The number of benzene rings is 2. The maximum atomic E-state index is 11.1. The van der Waals surface area contributed by atoms with Gasteiger partial charge in [0, 0.05) is 51.1 Å². The molecule has 3 aromatic rings. The normalized spacial score (nSPS) is 13.7. The number of hydrogen-bond acceptors (Lipinski definition) is 8. The zero-order chi connectivity index (χ0) is 25.2. The second-order valence-corrected chi connectivity index (χ2v) is 9.81. The lowest BCUT2D eigenvalue weighted by atomic mass is 10.1. The van der Waals surface area contributed by atoms with E-state index in [0.717, 1.165) is 79.4 Å². The molecule has 2 heterocycles. The summed E-state index contributed by atoms with van der Waals surface area (Å²) in [4.78, 5) is 15.6. The van der Waals surface area contributed by atoms with Crippen LogP contribution < -0.4 is 14.5 Å². The Morgan fingerprint density at radius 3 is 2.17 bits per heavy atom. The van der Waals surface area contributed by atoms with E-state index >= 15 is 0 Å². The van der Waals surface area contributed by atoms with Gasteiger partial charge in [0.25, 0.3) is 0 Å². The van der Waals surface area contributed by atoms with Gasteiger partial charge >= 0.3 is 5.97 Å². The van der Waals surface area contributed by atoms with Gasteiger partial charge in [0.15, 0.2) is 0 Å². The number of aromatic nitrogens is 2. The average molecular weight is 511 g/mol. The summed E-state index contributed by atoms with van der Waals surface area (Å²) in [6, 6.07) is 15.2. The highest BCUT2D eigenvalue weighted by atomic mass is 32.1. The largest absolute Gasteiger partial charge is 0.494 e. The fourth-order valence-electron chi connectivity index (χ4n) is 4.19. The first-order chi connectivity index (χ1) is 17.6. The van der Waals surface area contributed by atoms with Crippen molar-refractivity contribution < 1.29 is 19.4 Å². The van der Waals surface area contributed by atoms with Gasteiger partial charge < -0.3 is 24.4 Å². The van der Waals surface area contributed by atoms with E-state index < -0.39 is 5.97 Å². The van der Waals surface area contributed by atoms with E-state index in [1.165, 1.54) is 19.3 Å². The third-order valence-corrected chi connectivity index (χ3v) is 7.34. The summed E-state index contributed by atoms with van der Waals surface area (Å²) in [5.41, 5.74) is 2.39. The Balaban J connectivity index is 1.22. The topological polar surface area (TPSA) is 88.0 Å². The van der Waals surface area contributed by atoms with Crippen molar-refractivity contribution >= 4 is 28.1 Å². The average Bonchev–Trinajstić information content (AvgIpc) is 3.41. The highest BCUT2D eigenvalue weighted by molar-refractivity contribution is 7.18. The fourth-order valence-corrected chi connectivity index (χ4v) is 5.10. The first-order valence-electron chi connectivity index (χ1n) is 12.5. The number of unbranched alkanes of at least 4 members (excludes halogenated alkanes) is 4. The molecular weight excluding hydrogens is 476 g/mol. The molecule has 9 heteroatoms. The molecule has 1 aliphatic heterocycles. The molecule has 1 saturated heterocycles. The summed E-state index contributed by atoms with van der Waals surface area (Å²) >= 11 is 1.60. The molecule has 0 saturated carbocycles. The van der Waals surface area contributed by atoms with Gasteiger partial charge in [-0.2, -0.15) is 0 Å². The molecular formula is C27H34N4O4S. The van der Waals surface area contributed by atoms with Gasteiger partial charge in [-0.05, 0) is 61.4 Å². The van der Waals surface area contributed by atoms with Crippen molar-refractivity contribution in [3.8, 4) is 16.3 Å². The lowest BCUT2D eigenvalue weighted by Gasteiger charge is -2.35. The second-order valence-electron chi connectivity index (χ2n) is 8.85. The van der Waals surface area contributed by atoms with Crippen molar-refractivity contribution in [1.82, 2.24) is 10.2 Å². The number of aromatic carboxylic acids is 1. The van der Waals surface area contributed by atoms with Crippen molar-refractivity contribution in [2.24, 2.45) is 0 Å². The Hall–Kier alpha value is -3.17. The van der Waals surface area contributed by atoms with E-state index in [0.29, 0.717) is 5.56 Å². The SMILES string of the molecule is COCCCCCCCOc1ccc(-c2nnc(N3CCN(c4ccc(C(=O)O)cc4)CC3)s2)cc1. The van der Waals surface area contributed by atoms with Crippen LogP contribution in [0.1, 0.15) is 42.5 Å². The van der Waals surface area contributed by atoms with Gasteiger partial charge in [-0.3, -0.25) is 0 Å². The second kappa shape index (κ2) is 13.2. The molecule has 2 aromatic carbocycles. The molecule has 0 spiro atoms. The van der Waals surface area contributed by atoms with Crippen LogP contribution in [0.25, 0.3) is 10.6 Å². The zero-order valence-corrected chi connectivity index (χ0v) is 21.6. The van der Waals surface area contributed by atoms with Gasteiger partial charge in [-0.1, -0.05) is 30.6 Å². The van der Waals surface area contributed by atoms with Crippen LogP contribution in [0, 0.1) is 0 Å². The van der Waals surface area contributed by atoms with Crippen LogP contribution in [-0.2, 0) is 4.74 Å². The van der Waals surface area contributed by atoms with Crippen molar-refractivity contribution in [3.05, 3.63) is 54.1 Å². The summed E-state index contributed by atoms with van der Waals surface area (Å²) < 4.78 is 11.0. The highest BCUT2D eigenvalue weighted by Gasteiger charge is 2.21. The standard InChI is InChI=1S/C27H34N4O4S/c1-34-19-5-3-2-4-6-20-35-24-13-9-21(10-14-24)25-28-29-27(36-25)31-17-15-30(16-18-31)23-11-7-22(8-12-23)26(32)33/h7-14H,2-6,15-20H2,1H3,(H,32,33). The number of piperazine rings is 1. The fraction of sp³-hybridized carbons (Fsp3) is 0.444. The van der Waals surface area contributed by atoms with E-state index in [1.807, 2.05) is 36.4 Å². The van der Waals surface area contributed by atoms with Crippen molar-refractivity contribution in [2.75, 3.05) is 56.3 Å². The first kappa shape index (κ1) is 25.9. The Bertz CT molecular complexity index is 1080. The molecule has 1 aliphatic rings. The minimum Gasteiger partial charge on any atom is -0.494 e. The lowest BCUT2D eigenvalue weighted by molar-refractivity contribution is 0.0697. The molecule has 0 atom stereocenters. The third kappa shape index (κ3) is 7.18. The van der Waals surface area contributed by atoms with Crippen LogP contribution in [0.15, 0.2) is 48.5 Å². The van der Waals surface area contributed by atoms with E-state index in [1.54, 1.807) is 30.6 Å². The highest BCUT2D eigenvalue weighted by Crippen LogP contribution is 2.31. The Kier molecular flexibility index (Phi) is 9.52. The summed E-state index contributed by atoms with van der Waals surface area (Å²) in [7, 11) is 1.75. The quantitative estimate of drug-likeness (QED) is 0.314. The Morgan fingerprint density at radius 2 is 1.50 bits per heavy atom. The zero-order valence-electron chi connectivity index (χ0n) is 20.8. The molecule has 192 valence electrons. The van der Waals surface area contributed by atoms with Crippen LogP contribution in [-0.4, -0.2) is 67.8 Å². The minimum atomic E-state index is -0.902. The van der Waals surface area contributed by atoms with Gasteiger partial charge in [0.2, 0.25) is 5.13 Å². The predicted molar refractivity (Wildman–Crippen MR) is 144 cm³/mol. The number of nitrogens with zero attached hydrogens (tertiary/aromatic N) is 4. The number of carbonyl (C=O) groups is 1. The van der Waals surface area contributed by atoms with Gasteiger partial charge in [0.05, 0.1) is 12.2 Å². The lowest BCUT2D eigenvalue weighted by Crippen LogP contribution is -2.46.